The van der Waals surface area contributed by atoms with Crippen LogP contribution >= 0.6 is 0 Å². The first-order valence-electron chi connectivity index (χ1n) is 8.47. The predicted octanol–water partition coefficient (Wildman–Crippen LogP) is 1.49. The number of hydrogen-bond acceptors (Lipinski definition) is 5. The van der Waals surface area contributed by atoms with E-state index in [0.717, 1.165) is 63.6 Å². The molecule has 0 radical (unpaired) electrons. The average molecular weight is 319 g/mol. The summed E-state index contributed by atoms with van der Waals surface area (Å²) in [6, 6.07) is 4.00. The Morgan fingerprint density at radius 2 is 2.22 bits per heavy atom. The van der Waals surface area contributed by atoms with Crippen molar-refractivity contribution in [2.45, 2.75) is 38.3 Å². The van der Waals surface area contributed by atoms with Gasteiger partial charge in [0.2, 0.25) is 5.91 Å². The van der Waals surface area contributed by atoms with Crippen molar-refractivity contribution in [2.24, 2.45) is 0 Å². The Bertz CT molecular complexity index is 512. The summed E-state index contributed by atoms with van der Waals surface area (Å²) in [6.07, 6.45) is 5.63. The van der Waals surface area contributed by atoms with E-state index in [1.807, 2.05) is 12.1 Å². The predicted molar refractivity (Wildman–Crippen MR) is 87.3 cm³/mol. The Kier molecular flexibility index (Phi) is 5.82. The molecule has 1 N–H and O–H groups in total. The Balaban J connectivity index is 1.44. The van der Waals surface area contributed by atoms with E-state index in [2.05, 4.69) is 15.2 Å². The second kappa shape index (κ2) is 8.26. The molecule has 2 aliphatic heterocycles. The number of ether oxygens (including phenoxy) is 2. The molecule has 0 aliphatic carbocycles. The molecule has 1 aromatic heterocycles. The minimum atomic E-state index is 0.0882. The van der Waals surface area contributed by atoms with E-state index >= 15 is 0 Å². The number of amides is 1. The van der Waals surface area contributed by atoms with Gasteiger partial charge < -0.3 is 19.7 Å². The molecule has 2 aliphatic rings. The minimum Gasteiger partial charge on any atom is -0.378 e. The number of aromatic nitrogens is 1. The van der Waals surface area contributed by atoms with E-state index < -0.39 is 0 Å². The summed E-state index contributed by atoms with van der Waals surface area (Å²) in [6.45, 7) is 4.60. The third kappa shape index (κ3) is 4.91. The Hall–Kier alpha value is -1.66. The third-order valence-electron chi connectivity index (χ3n) is 4.35. The summed E-state index contributed by atoms with van der Waals surface area (Å²) in [5.41, 5.74) is 1.08. The van der Waals surface area contributed by atoms with Crippen LogP contribution in [0.5, 0.6) is 0 Å². The molecular formula is C17H25N3O3. The lowest BCUT2D eigenvalue weighted by Gasteiger charge is -2.28. The van der Waals surface area contributed by atoms with Crippen LogP contribution in [0.4, 0.5) is 5.82 Å². The number of nitrogens with zero attached hydrogens (tertiary/aromatic N) is 2. The number of hydrogen-bond donors (Lipinski definition) is 1. The summed E-state index contributed by atoms with van der Waals surface area (Å²) in [4.78, 5) is 18.6. The van der Waals surface area contributed by atoms with Crippen molar-refractivity contribution in [1.29, 1.82) is 0 Å². The highest BCUT2D eigenvalue weighted by atomic mass is 16.5. The second-order valence-electron chi connectivity index (χ2n) is 6.07. The summed E-state index contributed by atoms with van der Waals surface area (Å²) in [7, 11) is 0. The van der Waals surface area contributed by atoms with Crippen LogP contribution in [-0.2, 0) is 20.8 Å². The number of pyridine rings is 1. The van der Waals surface area contributed by atoms with Gasteiger partial charge in [-0.3, -0.25) is 4.79 Å². The van der Waals surface area contributed by atoms with Crippen LogP contribution in [0.1, 0.15) is 31.2 Å². The van der Waals surface area contributed by atoms with Crippen molar-refractivity contribution >= 4 is 11.7 Å². The lowest BCUT2D eigenvalue weighted by Crippen LogP contribution is -2.36. The summed E-state index contributed by atoms with van der Waals surface area (Å²) in [5.74, 6) is 1.05. The molecule has 3 rings (SSSR count). The van der Waals surface area contributed by atoms with E-state index in [1.54, 1.807) is 6.20 Å². The zero-order chi connectivity index (χ0) is 15.9. The van der Waals surface area contributed by atoms with Gasteiger partial charge in [-0.05, 0) is 37.0 Å². The van der Waals surface area contributed by atoms with Crippen molar-refractivity contribution < 1.29 is 14.3 Å². The van der Waals surface area contributed by atoms with E-state index in [-0.39, 0.29) is 12.0 Å². The lowest BCUT2D eigenvalue weighted by atomic mass is 10.1. The number of nitrogens with one attached hydrogen (secondary N) is 1. The molecule has 126 valence electrons. The van der Waals surface area contributed by atoms with Crippen LogP contribution in [0.2, 0.25) is 0 Å². The topological polar surface area (TPSA) is 63.7 Å². The third-order valence-corrected chi connectivity index (χ3v) is 4.35. The maximum absolute atomic E-state index is 12.0. The van der Waals surface area contributed by atoms with Crippen molar-refractivity contribution in [2.75, 3.05) is 37.8 Å². The highest BCUT2D eigenvalue weighted by molar-refractivity contribution is 5.75. The van der Waals surface area contributed by atoms with Gasteiger partial charge in [0.05, 0.1) is 19.3 Å². The SMILES string of the molecule is O=C(CCC1CCCO1)NCc1ccnc(N2CCOCC2)c1. The fourth-order valence-corrected chi connectivity index (χ4v) is 2.99. The van der Waals surface area contributed by atoms with Crippen molar-refractivity contribution in [3.05, 3.63) is 23.9 Å². The molecule has 0 saturated carbocycles. The standard InChI is InChI=1S/C17H25N3O3/c21-17(4-3-15-2-1-9-23-15)19-13-14-5-6-18-16(12-14)20-7-10-22-11-8-20/h5-6,12,15H,1-4,7-11,13H2,(H,19,21). The van der Waals surface area contributed by atoms with E-state index in [0.29, 0.717) is 13.0 Å². The molecule has 1 unspecified atom stereocenters. The first-order chi connectivity index (χ1) is 11.3. The average Bonchev–Trinajstić information content (AvgIpc) is 3.13. The maximum atomic E-state index is 12.0. The molecule has 1 amide bonds. The molecule has 2 fully saturated rings. The fourth-order valence-electron chi connectivity index (χ4n) is 2.99. The van der Waals surface area contributed by atoms with Gasteiger partial charge in [-0.25, -0.2) is 4.98 Å². The zero-order valence-corrected chi connectivity index (χ0v) is 13.5. The minimum absolute atomic E-state index is 0.0882. The van der Waals surface area contributed by atoms with Crippen LogP contribution in [0.15, 0.2) is 18.3 Å². The van der Waals surface area contributed by atoms with Gasteiger partial charge in [-0.2, -0.15) is 0 Å². The summed E-state index contributed by atoms with van der Waals surface area (Å²) in [5, 5.41) is 2.99. The van der Waals surface area contributed by atoms with Crippen LogP contribution in [0.25, 0.3) is 0 Å². The highest BCUT2D eigenvalue weighted by Crippen LogP contribution is 2.17. The number of rotatable bonds is 6. The van der Waals surface area contributed by atoms with Gasteiger partial charge in [0.1, 0.15) is 5.82 Å². The maximum Gasteiger partial charge on any atom is 0.220 e. The van der Waals surface area contributed by atoms with Gasteiger partial charge in [-0.15, -0.1) is 0 Å². The first-order valence-corrected chi connectivity index (χ1v) is 8.47. The van der Waals surface area contributed by atoms with Crippen LogP contribution in [-0.4, -0.2) is 49.9 Å². The molecular weight excluding hydrogens is 294 g/mol. The Morgan fingerprint density at radius 1 is 1.35 bits per heavy atom. The molecule has 0 spiro atoms. The quantitative estimate of drug-likeness (QED) is 0.861. The van der Waals surface area contributed by atoms with Gasteiger partial charge in [0.25, 0.3) is 0 Å². The summed E-state index contributed by atoms with van der Waals surface area (Å²) >= 11 is 0. The normalized spacial score (nSPS) is 21.4. The van der Waals surface area contributed by atoms with Crippen molar-refractivity contribution in [3.63, 3.8) is 0 Å². The zero-order valence-electron chi connectivity index (χ0n) is 13.5. The van der Waals surface area contributed by atoms with E-state index in [4.69, 9.17) is 9.47 Å². The van der Waals surface area contributed by atoms with Gasteiger partial charge in [0.15, 0.2) is 0 Å². The molecule has 1 aromatic rings. The van der Waals surface area contributed by atoms with Crippen molar-refractivity contribution in [3.8, 4) is 0 Å². The number of carbonyl (C=O) groups excluding carboxylic acids is 1. The molecule has 6 nitrogen and oxygen atoms in total. The largest absolute Gasteiger partial charge is 0.378 e. The molecule has 3 heterocycles. The molecule has 2 saturated heterocycles. The lowest BCUT2D eigenvalue weighted by molar-refractivity contribution is -0.121. The van der Waals surface area contributed by atoms with Gasteiger partial charge >= 0.3 is 0 Å². The van der Waals surface area contributed by atoms with Gasteiger partial charge in [0, 0.05) is 38.9 Å². The molecule has 6 heteroatoms. The second-order valence-corrected chi connectivity index (χ2v) is 6.07. The first kappa shape index (κ1) is 16.2. The number of morpholine rings is 1. The Morgan fingerprint density at radius 3 is 3.00 bits per heavy atom. The van der Waals surface area contributed by atoms with Crippen LogP contribution in [0.3, 0.4) is 0 Å². The molecule has 1 atom stereocenters. The van der Waals surface area contributed by atoms with Crippen LogP contribution in [0, 0.1) is 0 Å². The molecule has 0 aromatic carbocycles. The number of anilines is 1. The summed E-state index contributed by atoms with van der Waals surface area (Å²) < 4.78 is 10.9. The van der Waals surface area contributed by atoms with E-state index in [9.17, 15) is 4.79 Å². The molecule has 0 bridgehead atoms. The Labute approximate surface area is 137 Å². The smallest absolute Gasteiger partial charge is 0.220 e. The van der Waals surface area contributed by atoms with Crippen molar-refractivity contribution in [1.82, 2.24) is 10.3 Å². The van der Waals surface area contributed by atoms with Crippen LogP contribution < -0.4 is 10.2 Å². The highest BCUT2D eigenvalue weighted by Gasteiger charge is 2.17. The van der Waals surface area contributed by atoms with E-state index in [1.165, 1.54) is 0 Å². The number of carbonyl (C=O) groups is 1. The molecule has 23 heavy (non-hydrogen) atoms. The fraction of sp³-hybridized carbons (Fsp3) is 0.647. The monoisotopic (exact) mass is 319 g/mol. The van der Waals surface area contributed by atoms with Gasteiger partial charge in [-0.1, -0.05) is 0 Å².